The molecular formula is C6H11NO2. The van der Waals surface area contributed by atoms with E-state index < -0.39 is 0 Å². The van der Waals surface area contributed by atoms with Crippen molar-refractivity contribution >= 4 is 5.90 Å². The largest absolute Gasteiger partial charge is 0.484 e. The van der Waals surface area contributed by atoms with Crippen LogP contribution >= 0.6 is 0 Å². The van der Waals surface area contributed by atoms with Crippen LogP contribution in [-0.2, 0) is 4.74 Å². The zero-order chi connectivity index (χ0) is 6.69. The van der Waals surface area contributed by atoms with Crippen LogP contribution in [0.5, 0.6) is 0 Å². The molecule has 9 heavy (non-hydrogen) atoms. The highest BCUT2D eigenvalue weighted by atomic mass is 16.5. The number of ether oxygens (including phenoxy) is 1. The van der Waals surface area contributed by atoms with Crippen molar-refractivity contribution < 1.29 is 9.84 Å². The van der Waals surface area contributed by atoms with Crippen LogP contribution in [0, 0.1) is 0 Å². The fourth-order valence-electron chi connectivity index (χ4n) is 0.910. The average Bonchev–Trinajstić information content (AvgIpc) is 2.34. The maximum atomic E-state index is 8.62. The Balaban J connectivity index is 2.40. The maximum Gasteiger partial charge on any atom is 0.183 e. The lowest BCUT2D eigenvalue weighted by Crippen LogP contribution is -2.04. The molecule has 1 aliphatic rings. The Morgan fingerprint density at radius 3 is 3.00 bits per heavy atom. The van der Waals surface area contributed by atoms with E-state index in [0.717, 1.165) is 18.7 Å². The fourth-order valence-corrected chi connectivity index (χ4v) is 0.910. The van der Waals surface area contributed by atoms with E-state index in [1.165, 1.54) is 0 Å². The van der Waals surface area contributed by atoms with E-state index in [9.17, 15) is 0 Å². The Kier molecular flexibility index (Phi) is 2.05. The van der Waals surface area contributed by atoms with Crippen LogP contribution < -0.4 is 0 Å². The van der Waals surface area contributed by atoms with E-state index in [4.69, 9.17) is 9.84 Å². The molecular weight excluding hydrogens is 118 g/mol. The quantitative estimate of drug-likeness (QED) is 0.549. The summed E-state index contributed by atoms with van der Waals surface area (Å²) in [6, 6.07) is 0.0972. The lowest BCUT2D eigenvalue weighted by atomic mass is 10.2. The highest BCUT2D eigenvalue weighted by Gasteiger charge is 2.15. The van der Waals surface area contributed by atoms with Crippen molar-refractivity contribution in [2.75, 3.05) is 13.7 Å². The molecule has 1 heterocycles. The van der Waals surface area contributed by atoms with Gasteiger partial charge in [-0.3, -0.25) is 0 Å². The third kappa shape index (κ3) is 1.42. The molecule has 1 atom stereocenters. The van der Waals surface area contributed by atoms with Crippen molar-refractivity contribution in [3.8, 4) is 0 Å². The number of hydrogen-bond donors (Lipinski definition) is 1. The molecule has 1 aliphatic heterocycles. The first kappa shape index (κ1) is 6.55. The minimum absolute atomic E-state index is 0.0972. The summed E-state index contributed by atoms with van der Waals surface area (Å²) < 4.78 is 4.88. The Hall–Kier alpha value is -0.570. The number of hydrogen-bond acceptors (Lipinski definition) is 3. The molecule has 0 amide bonds. The predicted octanol–water partition coefficient (Wildman–Crippen LogP) is 0.186. The van der Waals surface area contributed by atoms with E-state index in [0.29, 0.717) is 0 Å². The summed E-state index contributed by atoms with van der Waals surface area (Å²) in [5.41, 5.74) is 0. The van der Waals surface area contributed by atoms with Crippen molar-refractivity contribution in [3.05, 3.63) is 0 Å². The smallest absolute Gasteiger partial charge is 0.183 e. The molecule has 0 spiro atoms. The molecule has 1 rings (SSSR count). The monoisotopic (exact) mass is 129 g/mol. The molecule has 3 heteroatoms. The van der Waals surface area contributed by atoms with Crippen molar-refractivity contribution in [2.24, 2.45) is 4.99 Å². The Morgan fingerprint density at radius 1 is 1.89 bits per heavy atom. The van der Waals surface area contributed by atoms with E-state index in [2.05, 4.69) is 4.99 Å². The first-order valence-corrected chi connectivity index (χ1v) is 3.08. The molecule has 0 saturated carbocycles. The first-order valence-electron chi connectivity index (χ1n) is 3.08. The van der Waals surface area contributed by atoms with Gasteiger partial charge in [0.25, 0.3) is 0 Å². The van der Waals surface area contributed by atoms with Gasteiger partial charge in [-0.05, 0) is 6.42 Å². The van der Waals surface area contributed by atoms with Gasteiger partial charge in [-0.2, -0.15) is 0 Å². The molecule has 0 fully saturated rings. The zero-order valence-electron chi connectivity index (χ0n) is 5.50. The molecule has 0 aromatic rings. The summed E-state index contributed by atoms with van der Waals surface area (Å²) in [6.45, 7) is 0.146. The fraction of sp³-hybridized carbons (Fsp3) is 0.833. The van der Waals surface area contributed by atoms with Gasteiger partial charge >= 0.3 is 0 Å². The van der Waals surface area contributed by atoms with Gasteiger partial charge < -0.3 is 9.84 Å². The summed E-state index contributed by atoms with van der Waals surface area (Å²) in [5.74, 6) is 0.772. The summed E-state index contributed by atoms with van der Waals surface area (Å²) in [4.78, 5) is 4.07. The number of aliphatic imine (C=N–C) groups is 1. The second-order valence-electron chi connectivity index (χ2n) is 2.10. The van der Waals surface area contributed by atoms with Crippen LogP contribution in [-0.4, -0.2) is 30.8 Å². The summed E-state index contributed by atoms with van der Waals surface area (Å²) in [6.07, 6.45) is 1.81. The van der Waals surface area contributed by atoms with Crippen molar-refractivity contribution in [2.45, 2.75) is 18.9 Å². The van der Waals surface area contributed by atoms with E-state index >= 15 is 0 Å². The number of methoxy groups -OCH3 is 1. The summed E-state index contributed by atoms with van der Waals surface area (Å²) in [7, 11) is 1.61. The molecule has 0 aromatic carbocycles. The van der Waals surface area contributed by atoms with Gasteiger partial charge in [0, 0.05) is 6.42 Å². The van der Waals surface area contributed by atoms with Gasteiger partial charge in [-0.1, -0.05) is 0 Å². The highest BCUT2D eigenvalue weighted by molar-refractivity contribution is 5.77. The normalized spacial score (nSPS) is 26.0. The second-order valence-corrected chi connectivity index (χ2v) is 2.10. The Bertz CT molecular complexity index is 122. The molecule has 0 aliphatic carbocycles. The van der Waals surface area contributed by atoms with Crippen molar-refractivity contribution in [1.82, 2.24) is 0 Å². The lowest BCUT2D eigenvalue weighted by Gasteiger charge is -1.96. The predicted molar refractivity (Wildman–Crippen MR) is 34.6 cm³/mol. The van der Waals surface area contributed by atoms with Gasteiger partial charge in [0.1, 0.15) is 0 Å². The van der Waals surface area contributed by atoms with Crippen LogP contribution in [0.2, 0.25) is 0 Å². The summed E-state index contributed by atoms with van der Waals surface area (Å²) in [5, 5.41) is 8.62. The number of aliphatic hydroxyl groups excluding tert-OH is 1. The molecule has 0 radical (unpaired) electrons. The van der Waals surface area contributed by atoms with Gasteiger partial charge in [0.05, 0.1) is 19.8 Å². The average molecular weight is 129 g/mol. The molecule has 0 saturated heterocycles. The highest BCUT2D eigenvalue weighted by Crippen LogP contribution is 2.12. The maximum absolute atomic E-state index is 8.62. The van der Waals surface area contributed by atoms with Gasteiger partial charge in [0.15, 0.2) is 5.90 Å². The molecule has 0 bridgehead atoms. The van der Waals surface area contributed by atoms with Gasteiger partial charge in [0.2, 0.25) is 0 Å². The Labute approximate surface area is 54.4 Å². The van der Waals surface area contributed by atoms with Gasteiger partial charge in [-0.25, -0.2) is 4.99 Å². The van der Waals surface area contributed by atoms with Gasteiger partial charge in [-0.15, -0.1) is 0 Å². The first-order chi connectivity index (χ1) is 4.36. The number of nitrogens with zero attached hydrogens (tertiary/aromatic N) is 1. The topological polar surface area (TPSA) is 41.8 Å². The lowest BCUT2D eigenvalue weighted by molar-refractivity contribution is 0.266. The Morgan fingerprint density at radius 2 is 2.67 bits per heavy atom. The minimum Gasteiger partial charge on any atom is -0.484 e. The number of rotatable bonds is 1. The zero-order valence-corrected chi connectivity index (χ0v) is 5.50. The van der Waals surface area contributed by atoms with Crippen molar-refractivity contribution in [3.63, 3.8) is 0 Å². The van der Waals surface area contributed by atoms with E-state index in [1.54, 1.807) is 7.11 Å². The van der Waals surface area contributed by atoms with Crippen molar-refractivity contribution in [1.29, 1.82) is 0 Å². The van der Waals surface area contributed by atoms with E-state index in [-0.39, 0.29) is 12.6 Å². The standard InChI is InChI=1S/C6H11NO2/c1-9-6-3-2-5(4-8)7-6/h5,8H,2-4H2,1H3/t5-/m0/s1. The minimum atomic E-state index is 0.0972. The molecule has 0 aromatic heterocycles. The SMILES string of the molecule is COC1=N[C@H](CO)CC1. The molecule has 1 N–H and O–H groups in total. The van der Waals surface area contributed by atoms with Crippen LogP contribution in [0.4, 0.5) is 0 Å². The van der Waals surface area contributed by atoms with Crippen LogP contribution in [0.15, 0.2) is 4.99 Å². The van der Waals surface area contributed by atoms with Crippen LogP contribution in [0.3, 0.4) is 0 Å². The molecule has 3 nitrogen and oxygen atoms in total. The third-order valence-corrected chi connectivity index (χ3v) is 1.46. The second kappa shape index (κ2) is 2.82. The van der Waals surface area contributed by atoms with E-state index in [1.807, 2.05) is 0 Å². The number of aliphatic hydroxyl groups is 1. The molecule has 0 unspecified atom stereocenters. The van der Waals surface area contributed by atoms with Crippen LogP contribution in [0.1, 0.15) is 12.8 Å². The third-order valence-electron chi connectivity index (χ3n) is 1.46. The molecule has 52 valence electrons. The van der Waals surface area contributed by atoms with Crippen LogP contribution in [0.25, 0.3) is 0 Å². The summed E-state index contributed by atoms with van der Waals surface area (Å²) >= 11 is 0.